The number of carbonyl (C=O) groups excluding carboxylic acids is 2. The minimum absolute atomic E-state index is 0.238. The fraction of sp³-hybridized carbons (Fsp3) is 0.882. The lowest BCUT2D eigenvalue weighted by atomic mass is 10.1. The van der Waals surface area contributed by atoms with E-state index in [1.165, 1.54) is 25.7 Å². The molecule has 5 nitrogen and oxygen atoms in total. The minimum Gasteiger partial charge on any atom is -0.550 e. The van der Waals surface area contributed by atoms with Gasteiger partial charge in [0.2, 0.25) is 0 Å². The van der Waals surface area contributed by atoms with Crippen LogP contribution < -0.4 is 5.11 Å². The van der Waals surface area contributed by atoms with Gasteiger partial charge in [0.1, 0.15) is 6.54 Å². The van der Waals surface area contributed by atoms with Crippen LogP contribution in [0.2, 0.25) is 0 Å². The average Bonchev–Trinajstić information content (AvgIpc) is 2.34. The standard InChI is InChI=1S/C17H33NO4/c1-5-6-7-8-9-10-11-12-17(21)22-15(13-16(19)20)14-18(2,3)4/h15H,5-14H2,1-4H3/t15-/m1/s1. The van der Waals surface area contributed by atoms with E-state index in [-0.39, 0.29) is 12.4 Å². The first-order valence-corrected chi connectivity index (χ1v) is 8.44. The van der Waals surface area contributed by atoms with Crippen LogP contribution in [0.1, 0.15) is 64.7 Å². The number of likely N-dealkylation sites (N-methyl/N-ethyl adjacent to an activating group) is 1. The van der Waals surface area contributed by atoms with Gasteiger partial charge in [-0.2, -0.15) is 0 Å². The molecule has 0 aliphatic heterocycles. The van der Waals surface area contributed by atoms with Crippen LogP contribution in [0, 0.1) is 0 Å². The SMILES string of the molecule is CCCCCCCCCC(=O)O[C@H](CC(=O)[O-])C[N+](C)(C)C. The zero-order valence-corrected chi connectivity index (χ0v) is 14.7. The van der Waals surface area contributed by atoms with E-state index in [1.807, 2.05) is 21.1 Å². The van der Waals surface area contributed by atoms with E-state index < -0.39 is 12.1 Å². The van der Waals surface area contributed by atoms with Crippen molar-refractivity contribution < 1.29 is 23.9 Å². The van der Waals surface area contributed by atoms with E-state index in [2.05, 4.69) is 6.92 Å². The molecule has 0 unspecified atom stereocenters. The van der Waals surface area contributed by atoms with Gasteiger partial charge in [-0.05, 0) is 6.42 Å². The molecule has 130 valence electrons. The lowest BCUT2D eigenvalue weighted by Crippen LogP contribution is -2.45. The number of carboxylic acid groups (broad SMARTS) is 1. The first-order chi connectivity index (χ1) is 10.2. The second-order valence-corrected chi connectivity index (χ2v) is 7.03. The number of aliphatic carboxylic acids is 1. The molecular weight excluding hydrogens is 282 g/mol. The maximum atomic E-state index is 11.8. The average molecular weight is 315 g/mol. The minimum atomic E-state index is -1.18. The molecule has 5 heteroatoms. The van der Waals surface area contributed by atoms with E-state index in [9.17, 15) is 14.7 Å². The Morgan fingerprint density at radius 1 is 1.00 bits per heavy atom. The van der Waals surface area contributed by atoms with E-state index >= 15 is 0 Å². The fourth-order valence-corrected chi connectivity index (χ4v) is 2.41. The third kappa shape index (κ3) is 13.9. The molecule has 0 heterocycles. The van der Waals surface area contributed by atoms with Crippen molar-refractivity contribution in [1.29, 1.82) is 0 Å². The van der Waals surface area contributed by atoms with Crippen LogP contribution in [0.3, 0.4) is 0 Å². The van der Waals surface area contributed by atoms with Gasteiger partial charge >= 0.3 is 5.97 Å². The predicted octanol–water partition coefficient (Wildman–Crippen LogP) is 1.89. The molecule has 0 bridgehead atoms. The summed E-state index contributed by atoms with van der Waals surface area (Å²) in [5.74, 6) is -1.48. The van der Waals surface area contributed by atoms with Crippen molar-refractivity contribution in [3.8, 4) is 0 Å². The topological polar surface area (TPSA) is 66.4 Å². The van der Waals surface area contributed by atoms with Gasteiger partial charge in [0.15, 0.2) is 6.10 Å². The summed E-state index contributed by atoms with van der Waals surface area (Å²) in [6.07, 6.45) is 7.50. The van der Waals surface area contributed by atoms with Crippen LogP contribution in [-0.2, 0) is 14.3 Å². The fourth-order valence-electron chi connectivity index (χ4n) is 2.41. The molecule has 0 radical (unpaired) electrons. The zero-order valence-electron chi connectivity index (χ0n) is 14.7. The molecule has 0 aromatic heterocycles. The van der Waals surface area contributed by atoms with Gasteiger partial charge in [0.25, 0.3) is 0 Å². The molecule has 0 fully saturated rings. The van der Waals surface area contributed by atoms with Gasteiger partial charge in [-0.25, -0.2) is 0 Å². The molecule has 0 aliphatic carbocycles. The van der Waals surface area contributed by atoms with Crippen LogP contribution in [0.15, 0.2) is 0 Å². The summed E-state index contributed by atoms with van der Waals surface area (Å²) in [7, 11) is 5.81. The highest BCUT2D eigenvalue weighted by Gasteiger charge is 2.22. The molecule has 0 aliphatic rings. The number of carboxylic acids is 1. The van der Waals surface area contributed by atoms with Crippen molar-refractivity contribution in [2.24, 2.45) is 0 Å². The van der Waals surface area contributed by atoms with Crippen LogP contribution >= 0.6 is 0 Å². The molecular formula is C17H33NO4. The van der Waals surface area contributed by atoms with Crippen molar-refractivity contribution in [3.63, 3.8) is 0 Å². The van der Waals surface area contributed by atoms with Crippen LogP contribution in [0.25, 0.3) is 0 Å². The maximum Gasteiger partial charge on any atom is 0.306 e. The number of rotatable bonds is 13. The highest BCUT2D eigenvalue weighted by molar-refractivity contribution is 5.70. The van der Waals surface area contributed by atoms with Gasteiger partial charge in [-0.15, -0.1) is 0 Å². The third-order valence-corrected chi connectivity index (χ3v) is 3.43. The number of esters is 1. The summed E-state index contributed by atoms with van der Waals surface area (Å²) in [6.45, 7) is 2.66. The van der Waals surface area contributed by atoms with Crippen molar-refractivity contribution in [2.45, 2.75) is 70.8 Å². The summed E-state index contributed by atoms with van der Waals surface area (Å²) < 4.78 is 5.85. The van der Waals surface area contributed by atoms with E-state index in [0.29, 0.717) is 17.4 Å². The smallest absolute Gasteiger partial charge is 0.306 e. The number of unbranched alkanes of at least 4 members (excludes halogenated alkanes) is 6. The normalized spacial score (nSPS) is 12.9. The van der Waals surface area contributed by atoms with Crippen LogP contribution in [0.4, 0.5) is 0 Å². The first kappa shape index (κ1) is 20.9. The number of hydrogen-bond acceptors (Lipinski definition) is 4. The second kappa shape index (κ2) is 11.5. The molecule has 0 amide bonds. The van der Waals surface area contributed by atoms with E-state index in [4.69, 9.17) is 4.74 Å². The van der Waals surface area contributed by atoms with Crippen LogP contribution in [-0.4, -0.2) is 50.2 Å². The van der Waals surface area contributed by atoms with Gasteiger partial charge < -0.3 is 19.1 Å². The Hall–Kier alpha value is -1.10. The Morgan fingerprint density at radius 2 is 1.55 bits per heavy atom. The number of carbonyl (C=O) groups is 2. The lowest BCUT2D eigenvalue weighted by molar-refractivity contribution is -0.873. The van der Waals surface area contributed by atoms with Crippen LogP contribution in [0.5, 0.6) is 0 Å². The second-order valence-electron chi connectivity index (χ2n) is 7.03. The summed E-state index contributed by atoms with van der Waals surface area (Å²) >= 11 is 0. The van der Waals surface area contributed by atoms with Crippen molar-refractivity contribution >= 4 is 11.9 Å². The maximum absolute atomic E-state index is 11.8. The Kier molecular flexibility index (Phi) is 10.9. The number of quaternary nitrogens is 1. The molecule has 0 N–H and O–H groups in total. The lowest BCUT2D eigenvalue weighted by Gasteiger charge is -2.29. The highest BCUT2D eigenvalue weighted by atomic mass is 16.5. The molecule has 0 aromatic carbocycles. The highest BCUT2D eigenvalue weighted by Crippen LogP contribution is 2.11. The largest absolute Gasteiger partial charge is 0.550 e. The molecule has 22 heavy (non-hydrogen) atoms. The zero-order chi connectivity index (χ0) is 17.0. The Balaban J connectivity index is 3.94. The van der Waals surface area contributed by atoms with Gasteiger partial charge in [-0.1, -0.05) is 45.4 Å². The number of nitrogens with zero attached hydrogens (tertiary/aromatic N) is 1. The molecule has 0 aromatic rings. The molecule has 1 atom stereocenters. The Bertz CT molecular complexity index is 323. The first-order valence-electron chi connectivity index (χ1n) is 8.44. The predicted molar refractivity (Wildman–Crippen MR) is 85.0 cm³/mol. The van der Waals surface area contributed by atoms with Gasteiger partial charge in [0.05, 0.1) is 21.1 Å². The van der Waals surface area contributed by atoms with E-state index in [1.54, 1.807) is 0 Å². The van der Waals surface area contributed by atoms with Gasteiger partial charge in [0, 0.05) is 18.8 Å². The number of ether oxygens (including phenoxy) is 1. The van der Waals surface area contributed by atoms with E-state index in [0.717, 1.165) is 19.3 Å². The third-order valence-electron chi connectivity index (χ3n) is 3.43. The summed E-state index contributed by atoms with van der Waals surface area (Å²) in [4.78, 5) is 22.6. The number of hydrogen-bond donors (Lipinski definition) is 0. The summed E-state index contributed by atoms with van der Waals surface area (Å²) in [5, 5.41) is 10.8. The van der Waals surface area contributed by atoms with Crippen molar-refractivity contribution in [1.82, 2.24) is 0 Å². The Morgan fingerprint density at radius 3 is 2.05 bits per heavy atom. The Labute approximate surface area is 135 Å². The van der Waals surface area contributed by atoms with Crippen molar-refractivity contribution in [2.75, 3.05) is 27.7 Å². The van der Waals surface area contributed by atoms with Crippen molar-refractivity contribution in [3.05, 3.63) is 0 Å². The summed E-state index contributed by atoms with van der Waals surface area (Å²) in [6, 6.07) is 0. The summed E-state index contributed by atoms with van der Waals surface area (Å²) in [5.41, 5.74) is 0. The van der Waals surface area contributed by atoms with Gasteiger partial charge in [-0.3, -0.25) is 4.79 Å². The molecule has 0 saturated heterocycles. The molecule has 0 spiro atoms. The molecule has 0 rings (SSSR count). The monoisotopic (exact) mass is 315 g/mol. The quantitative estimate of drug-likeness (QED) is 0.296. The molecule has 0 saturated carbocycles.